The maximum absolute atomic E-state index is 10.6. The van der Waals surface area contributed by atoms with Crippen molar-refractivity contribution in [3.8, 4) is 5.69 Å². The van der Waals surface area contributed by atoms with Crippen LogP contribution in [0.2, 0.25) is 0 Å². The van der Waals surface area contributed by atoms with Gasteiger partial charge in [-0.3, -0.25) is 10.1 Å². The number of nitrogens with zero attached hydrogens (tertiary/aromatic N) is 3. The molecule has 0 amide bonds. The zero-order chi connectivity index (χ0) is 13.1. The van der Waals surface area contributed by atoms with E-state index in [2.05, 4.69) is 26.3 Å². The monoisotopic (exact) mass is 310 g/mol. The number of non-ortho nitro benzene ring substituents is 1. The normalized spacial score (nSPS) is 10.6. The highest BCUT2D eigenvalue weighted by molar-refractivity contribution is 9.10. The van der Waals surface area contributed by atoms with Crippen LogP contribution in [0.4, 0.5) is 5.69 Å². The summed E-state index contributed by atoms with van der Waals surface area (Å²) < 4.78 is 2.58. The SMILES string of the molecule is CNCc1nn(-c2ccc([N+](=O)[O-])cc2)cc1Br. The third kappa shape index (κ3) is 2.57. The summed E-state index contributed by atoms with van der Waals surface area (Å²) in [6, 6.07) is 6.26. The van der Waals surface area contributed by atoms with E-state index in [1.165, 1.54) is 12.1 Å². The number of aromatic nitrogens is 2. The summed E-state index contributed by atoms with van der Waals surface area (Å²) in [4.78, 5) is 10.1. The van der Waals surface area contributed by atoms with Crippen LogP contribution in [0.25, 0.3) is 5.69 Å². The maximum atomic E-state index is 10.6. The molecule has 0 aliphatic rings. The molecule has 0 saturated carbocycles. The first kappa shape index (κ1) is 12.7. The van der Waals surface area contributed by atoms with Crippen LogP contribution in [0.3, 0.4) is 0 Å². The van der Waals surface area contributed by atoms with E-state index >= 15 is 0 Å². The van der Waals surface area contributed by atoms with Gasteiger partial charge in [0.25, 0.3) is 5.69 Å². The van der Waals surface area contributed by atoms with Crippen molar-refractivity contribution in [2.45, 2.75) is 6.54 Å². The van der Waals surface area contributed by atoms with Crippen LogP contribution >= 0.6 is 15.9 Å². The molecular weight excluding hydrogens is 300 g/mol. The molecule has 0 unspecified atom stereocenters. The predicted octanol–water partition coefficient (Wildman–Crippen LogP) is 2.26. The van der Waals surface area contributed by atoms with Gasteiger partial charge in [0.2, 0.25) is 0 Å². The minimum absolute atomic E-state index is 0.0698. The Morgan fingerprint density at radius 2 is 2.11 bits per heavy atom. The van der Waals surface area contributed by atoms with E-state index in [-0.39, 0.29) is 5.69 Å². The van der Waals surface area contributed by atoms with Crippen molar-refractivity contribution in [3.05, 3.63) is 50.7 Å². The van der Waals surface area contributed by atoms with Gasteiger partial charge in [0.05, 0.1) is 20.8 Å². The van der Waals surface area contributed by atoms with Gasteiger partial charge in [-0.05, 0) is 35.1 Å². The molecule has 6 nitrogen and oxygen atoms in total. The molecule has 0 radical (unpaired) electrons. The van der Waals surface area contributed by atoms with Crippen LogP contribution in [-0.4, -0.2) is 21.8 Å². The third-order valence-electron chi connectivity index (χ3n) is 2.41. The highest BCUT2D eigenvalue weighted by Gasteiger charge is 2.09. The number of nitro benzene ring substituents is 1. The molecule has 18 heavy (non-hydrogen) atoms. The molecule has 1 heterocycles. The minimum atomic E-state index is -0.421. The number of hydrogen-bond acceptors (Lipinski definition) is 4. The van der Waals surface area contributed by atoms with Crippen molar-refractivity contribution in [3.63, 3.8) is 0 Å². The van der Waals surface area contributed by atoms with E-state index in [4.69, 9.17) is 0 Å². The zero-order valence-corrected chi connectivity index (χ0v) is 11.2. The van der Waals surface area contributed by atoms with Gasteiger partial charge in [-0.2, -0.15) is 5.10 Å². The lowest BCUT2D eigenvalue weighted by atomic mass is 10.3. The maximum Gasteiger partial charge on any atom is 0.269 e. The quantitative estimate of drug-likeness (QED) is 0.694. The number of halogens is 1. The van der Waals surface area contributed by atoms with Crippen molar-refractivity contribution in [2.24, 2.45) is 0 Å². The predicted molar refractivity (Wildman–Crippen MR) is 70.7 cm³/mol. The lowest BCUT2D eigenvalue weighted by Crippen LogP contribution is -2.06. The molecule has 1 aromatic heterocycles. The van der Waals surface area contributed by atoms with E-state index in [0.717, 1.165) is 15.9 Å². The van der Waals surface area contributed by atoms with E-state index in [9.17, 15) is 10.1 Å². The molecule has 7 heteroatoms. The molecule has 0 spiro atoms. The van der Waals surface area contributed by atoms with Crippen LogP contribution < -0.4 is 5.32 Å². The van der Waals surface area contributed by atoms with Gasteiger partial charge in [-0.15, -0.1) is 0 Å². The van der Waals surface area contributed by atoms with Crippen LogP contribution in [0.1, 0.15) is 5.69 Å². The average Bonchev–Trinajstić information content (AvgIpc) is 2.72. The Labute approximate surface area is 112 Å². The molecule has 0 saturated heterocycles. The minimum Gasteiger partial charge on any atom is -0.314 e. The van der Waals surface area contributed by atoms with Crippen molar-refractivity contribution < 1.29 is 4.92 Å². The van der Waals surface area contributed by atoms with Crippen LogP contribution in [0.15, 0.2) is 34.9 Å². The second-order valence-electron chi connectivity index (χ2n) is 3.67. The average molecular weight is 311 g/mol. The van der Waals surface area contributed by atoms with Gasteiger partial charge in [-0.1, -0.05) is 0 Å². The summed E-state index contributed by atoms with van der Waals surface area (Å²) in [6.45, 7) is 0.653. The molecule has 0 aliphatic carbocycles. The standard InChI is InChI=1S/C11H11BrN4O2/c1-13-6-11-10(12)7-15(14-11)8-2-4-9(5-3-8)16(17)18/h2-5,7,13H,6H2,1H3. The Hall–Kier alpha value is -1.73. The van der Waals surface area contributed by atoms with Crippen molar-refractivity contribution in [1.29, 1.82) is 0 Å². The summed E-state index contributed by atoms with van der Waals surface area (Å²) in [5, 5.41) is 18.0. The van der Waals surface area contributed by atoms with Crippen molar-refractivity contribution in [2.75, 3.05) is 7.05 Å². The van der Waals surface area contributed by atoms with E-state index in [1.807, 2.05) is 13.2 Å². The number of hydrogen-bond donors (Lipinski definition) is 1. The molecule has 0 fully saturated rings. The van der Waals surface area contributed by atoms with Crippen LogP contribution in [0.5, 0.6) is 0 Å². The molecule has 0 aliphatic heterocycles. The third-order valence-corrected chi connectivity index (χ3v) is 3.07. The van der Waals surface area contributed by atoms with Gasteiger partial charge in [0.1, 0.15) is 0 Å². The second kappa shape index (κ2) is 5.28. The summed E-state index contributed by atoms with van der Waals surface area (Å²) in [7, 11) is 1.84. The summed E-state index contributed by atoms with van der Waals surface area (Å²) in [5.41, 5.74) is 1.74. The second-order valence-corrected chi connectivity index (χ2v) is 4.53. The molecule has 0 bridgehead atoms. The van der Waals surface area contributed by atoms with E-state index < -0.39 is 4.92 Å². The summed E-state index contributed by atoms with van der Waals surface area (Å²) >= 11 is 3.42. The van der Waals surface area contributed by atoms with Crippen LogP contribution in [-0.2, 0) is 6.54 Å². The first-order valence-electron chi connectivity index (χ1n) is 5.25. The Morgan fingerprint density at radius 1 is 1.44 bits per heavy atom. The Bertz CT molecular complexity index is 565. The fourth-order valence-corrected chi connectivity index (χ4v) is 1.95. The molecule has 2 aromatic rings. The van der Waals surface area contributed by atoms with Crippen molar-refractivity contribution >= 4 is 21.6 Å². The van der Waals surface area contributed by atoms with E-state index in [1.54, 1.807) is 16.8 Å². The molecule has 1 N–H and O–H groups in total. The molecule has 94 valence electrons. The highest BCUT2D eigenvalue weighted by Crippen LogP contribution is 2.19. The lowest BCUT2D eigenvalue weighted by molar-refractivity contribution is -0.384. The molecular formula is C11H11BrN4O2. The fourth-order valence-electron chi connectivity index (χ4n) is 1.54. The molecule has 1 aromatic carbocycles. The summed E-state index contributed by atoms with van der Waals surface area (Å²) in [6.07, 6.45) is 1.83. The van der Waals surface area contributed by atoms with Crippen molar-refractivity contribution in [1.82, 2.24) is 15.1 Å². The Balaban J connectivity index is 2.31. The lowest BCUT2D eigenvalue weighted by Gasteiger charge is -2.00. The van der Waals surface area contributed by atoms with Gasteiger partial charge in [0, 0.05) is 24.9 Å². The molecule has 2 rings (SSSR count). The topological polar surface area (TPSA) is 73.0 Å². The van der Waals surface area contributed by atoms with E-state index in [0.29, 0.717) is 6.54 Å². The van der Waals surface area contributed by atoms with Crippen LogP contribution in [0, 0.1) is 10.1 Å². The smallest absolute Gasteiger partial charge is 0.269 e. The zero-order valence-electron chi connectivity index (χ0n) is 9.63. The summed E-state index contributed by atoms with van der Waals surface area (Å²) in [5.74, 6) is 0. The number of benzene rings is 1. The Morgan fingerprint density at radius 3 is 2.67 bits per heavy atom. The first-order valence-corrected chi connectivity index (χ1v) is 6.04. The van der Waals surface area contributed by atoms with Gasteiger partial charge in [0.15, 0.2) is 0 Å². The van der Waals surface area contributed by atoms with Gasteiger partial charge in [-0.25, -0.2) is 4.68 Å². The first-order chi connectivity index (χ1) is 8.61. The number of nitrogens with one attached hydrogen (secondary N) is 1. The molecule has 0 atom stereocenters. The Kier molecular flexibility index (Phi) is 3.73. The number of nitro groups is 1. The van der Waals surface area contributed by atoms with Gasteiger partial charge < -0.3 is 5.32 Å². The number of rotatable bonds is 4. The fraction of sp³-hybridized carbons (Fsp3) is 0.182. The van der Waals surface area contributed by atoms with Gasteiger partial charge >= 0.3 is 0 Å². The highest BCUT2D eigenvalue weighted by atomic mass is 79.9. The largest absolute Gasteiger partial charge is 0.314 e.